The molecule has 0 saturated heterocycles. The summed E-state index contributed by atoms with van der Waals surface area (Å²) < 4.78 is 20.3. The second-order valence-electron chi connectivity index (χ2n) is 5.45. The average Bonchev–Trinajstić information content (AvgIpc) is 2.90. The highest BCUT2D eigenvalue weighted by Gasteiger charge is 2.13. The van der Waals surface area contributed by atoms with Gasteiger partial charge in [0.2, 0.25) is 0 Å². The number of rotatable bonds is 1. The third kappa shape index (κ3) is 2.19. The van der Waals surface area contributed by atoms with Gasteiger partial charge in [-0.15, -0.1) is 0 Å². The second kappa shape index (κ2) is 4.74. The maximum absolute atomic E-state index is 13.2. The predicted octanol–water partition coefficient (Wildman–Crippen LogP) is 3.26. The molecule has 0 unspecified atom stereocenters. The van der Waals surface area contributed by atoms with E-state index in [1.165, 1.54) is 12.1 Å². The van der Waals surface area contributed by atoms with Crippen molar-refractivity contribution in [1.29, 1.82) is 0 Å². The molecule has 0 fully saturated rings. The number of imidazole rings is 1. The Labute approximate surface area is 130 Å². The third-order valence-corrected chi connectivity index (χ3v) is 3.70. The van der Waals surface area contributed by atoms with Gasteiger partial charge in [-0.25, -0.2) is 14.2 Å². The molecule has 0 spiro atoms. The van der Waals surface area contributed by atoms with Gasteiger partial charge < -0.3 is 8.82 Å². The highest BCUT2D eigenvalue weighted by Crippen LogP contribution is 2.22. The number of aryl methyl sites for hydroxylation is 2. The van der Waals surface area contributed by atoms with Gasteiger partial charge in [0.25, 0.3) is 0 Å². The number of nitrogens with zero attached hydrogens (tertiary/aromatic N) is 3. The molecule has 4 rings (SSSR count). The van der Waals surface area contributed by atoms with Crippen LogP contribution in [-0.4, -0.2) is 14.4 Å². The summed E-state index contributed by atoms with van der Waals surface area (Å²) in [6.45, 7) is 3.76. The molecule has 3 heterocycles. The maximum atomic E-state index is 13.2. The topological polar surface area (TPSA) is 60.4 Å². The third-order valence-electron chi connectivity index (χ3n) is 3.70. The first kappa shape index (κ1) is 13.6. The summed E-state index contributed by atoms with van der Waals surface area (Å²) in [7, 11) is 0. The van der Waals surface area contributed by atoms with Gasteiger partial charge in [0.15, 0.2) is 5.65 Å². The monoisotopic (exact) mass is 309 g/mol. The average molecular weight is 309 g/mol. The van der Waals surface area contributed by atoms with Crippen LogP contribution in [0.3, 0.4) is 0 Å². The molecule has 5 nitrogen and oxygen atoms in total. The Balaban J connectivity index is 1.98. The number of aromatic nitrogens is 3. The lowest BCUT2D eigenvalue weighted by atomic mass is 10.1. The molecule has 4 aromatic rings. The molecule has 114 valence electrons. The minimum atomic E-state index is -0.547. The van der Waals surface area contributed by atoms with E-state index in [9.17, 15) is 9.18 Å². The first-order valence-corrected chi connectivity index (χ1v) is 7.08. The highest BCUT2D eigenvalue weighted by atomic mass is 19.1. The normalized spacial score (nSPS) is 11.4. The number of hydrogen-bond acceptors (Lipinski definition) is 4. The number of benzene rings is 1. The molecule has 0 N–H and O–H groups in total. The van der Waals surface area contributed by atoms with Crippen molar-refractivity contribution in [2.45, 2.75) is 13.8 Å². The Hall–Kier alpha value is -3.02. The first-order valence-electron chi connectivity index (χ1n) is 7.08. The number of hydrogen-bond donors (Lipinski definition) is 0. The Morgan fingerprint density at radius 2 is 1.96 bits per heavy atom. The number of halogens is 1. The van der Waals surface area contributed by atoms with Gasteiger partial charge in [-0.2, -0.15) is 0 Å². The van der Waals surface area contributed by atoms with Crippen molar-refractivity contribution in [2.24, 2.45) is 0 Å². The molecule has 0 amide bonds. The molecule has 0 radical (unpaired) electrons. The molecule has 3 aromatic heterocycles. The van der Waals surface area contributed by atoms with Gasteiger partial charge in [0.1, 0.15) is 11.4 Å². The van der Waals surface area contributed by atoms with Crippen LogP contribution in [0.5, 0.6) is 0 Å². The molecular formula is C17H12FN3O2. The van der Waals surface area contributed by atoms with E-state index in [4.69, 9.17) is 4.42 Å². The van der Waals surface area contributed by atoms with Crippen LogP contribution in [0, 0.1) is 19.7 Å². The zero-order valence-electron chi connectivity index (χ0n) is 12.5. The van der Waals surface area contributed by atoms with Gasteiger partial charge >= 0.3 is 5.63 Å². The smallest absolute Gasteiger partial charge is 0.345 e. The summed E-state index contributed by atoms with van der Waals surface area (Å²) in [5.74, 6) is -0.446. The summed E-state index contributed by atoms with van der Waals surface area (Å²) in [4.78, 5) is 21.1. The van der Waals surface area contributed by atoms with Gasteiger partial charge in [-0.3, -0.25) is 4.98 Å². The van der Waals surface area contributed by atoms with Gasteiger partial charge in [0.05, 0.1) is 22.6 Å². The molecule has 6 heteroatoms. The molecule has 0 aliphatic heterocycles. The lowest BCUT2D eigenvalue weighted by Gasteiger charge is -1.99. The maximum Gasteiger partial charge on any atom is 0.345 e. The van der Waals surface area contributed by atoms with Crippen LogP contribution < -0.4 is 5.63 Å². The molecule has 0 bridgehead atoms. The number of fused-ring (bicyclic) bond motifs is 2. The van der Waals surface area contributed by atoms with Crippen molar-refractivity contribution in [1.82, 2.24) is 14.4 Å². The Morgan fingerprint density at radius 1 is 1.13 bits per heavy atom. The van der Waals surface area contributed by atoms with Crippen LogP contribution in [0.2, 0.25) is 0 Å². The predicted molar refractivity (Wildman–Crippen MR) is 83.9 cm³/mol. The van der Waals surface area contributed by atoms with Crippen LogP contribution in [0.25, 0.3) is 27.9 Å². The van der Waals surface area contributed by atoms with E-state index in [2.05, 4.69) is 9.97 Å². The van der Waals surface area contributed by atoms with Crippen molar-refractivity contribution < 1.29 is 8.81 Å². The summed E-state index contributed by atoms with van der Waals surface area (Å²) >= 11 is 0. The van der Waals surface area contributed by atoms with Crippen LogP contribution >= 0.6 is 0 Å². The van der Waals surface area contributed by atoms with Crippen molar-refractivity contribution in [3.63, 3.8) is 0 Å². The van der Waals surface area contributed by atoms with Crippen molar-refractivity contribution in [3.8, 4) is 11.3 Å². The Morgan fingerprint density at radius 3 is 2.78 bits per heavy atom. The lowest BCUT2D eigenvalue weighted by molar-refractivity contribution is 0.556. The van der Waals surface area contributed by atoms with E-state index < -0.39 is 11.4 Å². The van der Waals surface area contributed by atoms with Crippen molar-refractivity contribution in [2.75, 3.05) is 0 Å². The van der Waals surface area contributed by atoms with E-state index in [1.807, 2.05) is 24.4 Å². The molecule has 0 aliphatic carbocycles. The van der Waals surface area contributed by atoms with Crippen LogP contribution in [-0.2, 0) is 0 Å². The minimum Gasteiger partial charge on any atom is -0.422 e. The largest absolute Gasteiger partial charge is 0.422 e. The fraction of sp³-hybridized carbons (Fsp3) is 0.118. The summed E-state index contributed by atoms with van der Waals surface area (Å²) in [5.41, 5.74) is 2.84. The molecule has 0 aliphatic rings. The fourth-order valence-corrected chi connectivity index (χ4v) is 2.70. The van der Waals surface area contributed by atoms with Crippen molar-refractivity contribution >= 4 is 16.6 Å². The van der Waals surface area contributed by atoms with Crippen LogP contribution in [0.15, 0.2) is 45.9 Å². The van der Waals surface area contributed by atoms with Crippen LogP contribution in [0.4, 0.5) is 4.39 Å². The Kier molecular flexibility index (Phi) is 2.81. The van der Waals surface area contributed by atoms with Crippen LogP contribution in [0.1, 0.15) is 11.4 Å². The quantitative estimate of drug-likeness (QED) is 0.506. The van der Waals surface area contributed by atoms with Gasteiger partial charge in [0, 0.05) is 23.8 Å². The zero-order chi connectivity index (χ0) is 16.1. The van der Waals surface area contributed by atoms with Crippen molar-refractivity contribution in [3.05, 3.63) is 64.3 Å². The molecule has 1 aromatic carbocycles. The van der Waals surface area contributed by atoms with Gasteiger partial charge in [-0.1, -0.05) is 0 Å². The summed E-state index contributed by atoms with van der Waals surface area (Å²) in [5, 5.41) is 0.643. The van der Waals surface area contributed by atoms with E-state index in [0.717, 1.165) is 11.4 Å². The van der Waals surface area contributed by atoms with E-state index >= 15 is 0 Å². The summed E-state index contributed by atoms with van der Waals surface area (Å²) in [6, 6.07) is 5.76. The summed E-state index contributed by atoms with van der Waals surface area (Å²) in [6.07, 6.45) is 3.61. The highest BCUT2D eigenvalue weighted by molar-refractivity contribution is 5.81. The van der Waals surface area contributed by atoms with E-state index in [1.54, 1.807) is 18.3 Å². The molecule has 23 heavy (non-hydrogen) atoms. The molecular weight excluding hydrogens is 297 g/mol. The van der Waals surface area contributed by atoms with E-state index in [0.29, 0.717) is 22.3 Å². The standard InChI is InChI=1S/C17H12FN3O2/c1-9-7-21-8-14(20-16(21)10(2)19-9)13-5-11-3-4-12(18)6-15(11)23-17(13)22/h3-8H,1-2H3. The zero-order valence-corrected chi connectivity index (χ0v) is 12.5. The minimum absolute atomic E-state index is 0.219. The Bertz CT molecular complexity index is 1130. The molecule has 0 saturated carbocycles. The fourth-order valence-electron chi connectivity index (χ4n) is 2.70. The SMILES string of the molecule is Cc1cn2cc(-c3cc4ccc(F)cc4oc3=O)nc2c(C)n1. The van der Waals surface area contributed by atoms with E-state index in [-0.39, 0.29) is 5.58 Å². The molecule has 0 atom stereocenters. The second-order valence-corrected chi connectivity index (χ2v) is 5.45. The lowest BCUT2D eigenvalue weighted by Crippen LogP contribution is -2.02. The first-order chi connectivity index (χ1) is 11.0. The van der Waals surface area contributed by atoms with Gasteiger partial charge in [-0.05, 0) is 32.0 Å².